The molecule has 3 aromatic rings. The zero-order valence-electron chi connectivity index (χ0n) is 16.5. The van der Waals surface area contributed by atoms with Crippen molar-refractivity contribution in [2.75, 3.05) is 0 Å². The molecule has 0 unspecified atom stereocenters. The van der Waals surface area contributed by atoms with E-state index in [4.69, 9.17) is 0 Å². The van der Waals surface area contributed by atoms with Crippen molar-refractivity contribution in [1.82, 2.24) is 14.5 Å². The summed E-state index contributed by atoms with van der Waals surface area (Å²) in [4.78, 5) is 21.3. The van der Waals surface area contributed by atoms with E-state index in [9.17, 15) is 15.0 Å². The molecular formula is C25H19N3O3. The first kappa shape index (κ1) is 18.7. The van der Waals surface area contributed by atoms with Crippen LogP contribution >= 0.6 is 0 Å². The monoisotopic (exact) mass is 409 g/mol. The Kier molecular flexibility index (Phi) is 4.52. The van der Waals surface area contributed by atoms with Gasteiger partial charge in [-0.1, -0.05) is 42.5 Å². The first-order valence-corrected chi connectivity index (χ1v) is 9.85. The molecule has 0 saturated heterocycles. The van der Waals surface area contributed by atoms with E-state index in [2.05, 4.69) is 9.97 Å². The van der Waals surface area contributed by atoms with Crippen LogP contribution in [0.1, 0.15) is 11.3 Å². The second kappa shape index (κ2) is 7.50. The summed E-state index contributed by atoms with van der Waals surface area (Å²) in [5.41, 5.74) is 4.35. The van der Waals surface area contributed by atoms with Crippen molar-refractivity contribution in [1.29, 1.82) is 0 Å². The Morgan fingerprint density at radius 1 is 0.806 bits per heavy atom. The van der Waals surface area contributed by atoms with Crippen molar-refractivity contribution in [3.63, 3.8) is 0 Å². The van der Waals surface area contributed by atoms with E-state index in [1.54, 1.807) is 59.3 Å². The molecule has 6 heteroatoms. The third kappa shape index (κ3) is 3.55. The van der Waals surface area contributed by atoms with Gasteiger partial charge in [-0.3, -0.25) is 9.36 Å². The van der Waals surface area contributed by atoms with Gasteiger partial charge in [-0.25, -0.2) is 4.98 Å². The molecule has 2 heterocycles. The number of rotatable bonds is 4. The second-order valence-corrected chi connectivity index (χ2v) is 7.36. The maximum atomic E-state index is 13.2. The topological polar surface area (TPSA) is 91.1 Å². The molecule has 5 rings (SSSR count). The third-order valence-electron chi connectivity index (χ3n) is 5.22. The molecule has 0 aliphatic carbocycles. The lowest BCUT2D eigenvalue weighted by Gasteiger charge is -2.13. The number of fused-ring (bicyclic) bond motifs is 1. The molecule has 2 aliphatic rings. The molecule has 2 aliphatic heterocycles. The number of imidazole rings is 1. The van der Waals surface area contributed by atoms with Crippen molar-refractivity contribution in [2.24, 2.45) is 0 Å². The molecule has 0 atom stereocenters. The third-order valence-corrected chi connectivity index (χ3v) is 5.22. The molecule has 0 amide bonds. The second-order valence-electron chi connectivity index (χ2n) is 7.36. The Labute approximate surface area is 178 Å². The van der Waals surface area contributed by atoms with Crippen LogP contribution in [0.3, 0.4) is 0 Å². The van der Waals surface area contributed by atoms with E-state index in [1.165, 1.54) is 0 Å². The van der Waals surface area contributed by atoms with Crippen LogP contribution in [-0.2, 0) is 6.42 Å². The van der Waals surface area contributed by atoms with Gasteiger partial charge in [0, 0.05) is 18.2 Å². The lowest BCUT2D eigenvalue weighted by atomic mass is 10.1. The minimum Gasteiger partial charge on any atom is -0.508 e. The fourth-order valence-corrected chi connectivity index (χ4v) is 3.63. The summed E-state index contributed by atoms with van der Waals surface area (Å²) in [6.45, 7) is 0. The van der Waals surface area contributed by atoms with Crippen LogP contribution in [0.15, 0.2) is 89.9 Å². The number of benzene rings is 3. The fourth-order valence-electron chi connectivity index (χ4n) is 3.63. The van der Waals surface area contributed by atoms with E-state index >= 15 is 0 Å². The lowest BCUT2D eigenvalue weighted by Crippen LogP contribution is -2.16. The number of hydrogen-bond acceptors (Lipinski definition) is 4. The van der Waals surface area contributed by atoms with Crippen molar-refractivity contribution < 1.29 is 10.2 Å². The van der Waals surface area contributed by atoms with Crippen molar-refractivity contribution >= 4 is 0 Å². The number of nitrogens with zero attached hydrogens (tertiary/aromatic N) is 2. The van der Waals surface area contributed by atoms with Gasteiger partial charge in [0.2, 0.25) is 0 Å². The van der Waals surface area contributed by atoms with E-state index < -0.39 is 0 Å². The summed E-state index contributed by atoms with van der Waals surface area (Å²) in [5.74, 6) is 0.907. The Morgan fingerprint density at radius 3 is 2.13 bits per heavy atom. The van der Waals surface area contributed by atoms with E-state index in [-0.39, 0.29) is 17.1 Å². The number of aromatic nitrogens is 3. The van der Waals surface area contributed by atoms with E-state index in [0.717, 1.165) is 28.1 Å². The summed E-state index contributed by atoms with van der Waals surface area (Å²) in [6, 6.07) is 23.3. The van der Waals surface area contributed by atoms with E-state index in [0.29, 0.717) is 17.9 Å². The molecule has 0 fully saturated rings. The number of hydrogen-bond donors (Lipinski definition) is 3. The normalized spacial score (nSPS) is 11.1. The largest absolute Gasteiger partial charge is 0.508 e. The van der Waals surface area contributed by atoms with Crippen molar-refractivity contribution in [2.45, 2.75) is 6.42 Å². The van der Waals surface area contributed by atoms with Gasteiger partial charge in [0.1, 0.15) is 17.2 Å². The zero-order valence-corrected chi connectivity index (χ0v) is 16.5. The van der Waals surface area contributed by atoms with Gasteiger partial charge in [0.05, 0.1) is 11.4 Å². The van der Waals surface area contributed by atoms with Gasteiger partial charge < -0.3 is 15.2 Å². The standard InChI is InChI=1S/C25H19N3O3/c29-19-10-6-16(7-11-19)14-21-25(31)28-15-22(17-8-12-20(30)13-9-17)26-23(24(28)27-21)18-4-2-1-3-5-18/h1-13,15,26,29-30H,14H2. The van der Waals surface area contributed by atoms with E-state index in [1.807, 2.05) is 30.3 Å². The number of phenolic OH excluding ortho intramolecular Hbond substituents is 2. The summed E-state index contributed by atoms with van der Waals surface area (Å²) < 4.78 is 1.57. The minimum atomic E-state index is -0.186. The zero-order chi connectivity index (χ0) is 21.4. The van der Waals surface area contributed by atoms with Crippen LogP contribution in [0.5, 0.6) is 11.5 Å². The molecular weight excluding hydrogens is 390 g/mol. The van der Waals surface area contributed by atoms with Crippen LogP contribution in [0, 0.1) is 0 Å². The van der Waals surface area contributed by atoms with Gasteiger partial charge in [-0.05, 0) is 47.5 Å². The number of nitrogens with one attached hydrogen (secondary N) is 1. The predicted octanol–water partition coefficient (Wildman–Crippen LogP) is 4.33. The summed E-state index contributed by atoms with van der Waals surface area (Å²) in [7, 11) is 0. The molecule has 6 nitrogen and oxygen atoms in total. The minimum absolute atomic E-state index is 0.177. The highest BCUT2D eigenvalue weighted by atomic mass is 16.3. The van der Waals surface area contributed by atoms with Gasteiger partial charge in [0.25, 0.3) is 5.56 Å². The number of H-pyrrole nitrogens is 1. The molecule has 0 radical (unpaired) electrons. The molecule has 31 heavy (non-hydrogen) atoms. The van der Waals surface area contributed by atoms with Crippen LogP contribution in [0.25, 0.3) is 28.3 Å². The van der Waals surface area contributed by atoms with Crippen LogP contribution in [-0.4, -0.2) is 24.7 Å². The number of phenols is 2. The van der Waals surface area contributed by atoms with Gasteiger partial charge in [-0.15, -0.1) is 0 Å². The molecule has 0 saturated carbocycles. The first-order chi connectivity index (χ1) is 15.1. The van der Waals surface area contributed by atoms with Crippen molar-refractivity contribution in [3.05, 3.63) is 107 Å². The summed E-state index contributed by atoms with van der Waals surface area (Å²) in [6.07, 6.45) is 2.10. The SMILES string of the molecule is O=c1c(Cc2ccc(O)cc2)nc2c(-c3ccccc3)[nH]c(-c3ccc(O)cc3)cn1-2. The summed E-state index contributed by atoms with van der Waals surface area (Å²) >= 11 is 0. The number of aromatic amines is 1. The maximum absolute atomic E-state index is 13.2. The first-order valence-electron chi connectivity index (χ1n) is 9.85. The van der Waals surface area contributed by atoms with Gasteiger partial charge in [-0.2, -0.15) is 0 Å². The smallest absolute Gasteiger partial charge is 0.278 e. The average molecular weight is 409 g/mol. The molecule has 0 bridgehead atoms. The predicted molar refractivity (Wildman–Crippen MR) is 119 cm³/mol. The lowest BCUT2D eigenvalue weighted by molar-refractivity contribution is 0.474. The highest BCUT2D eigenvalue weighted by Gasteiger charge is 2.21. The molecule has 0 spiro atoms. The highest BCUT2D eigenvalue weighted by molar-refractivity contribution is 5.72. The number of aromatic hydroxyl groups is 2. The maximum Gasteiger partial charge on any atom is 0.278 e. The van der Waals surface area contributed by atoms with Crippen LogP contribution < -0.4 is 5.56 Å². The molecule has 3 N–H and O–H groups in total. The van der Waals surface area contributed by atoms with Crippen LogP contribution in [0.4, 0.5) is 0 Å². The summed E-state index contributed by atoms with van der Waals surface area (Å²) in [5, 5.41) is 19.1. The average Bonchev–Trinajstić information content (AvgIpc) is 3.11. The Hall–Kier alpha value is -4.32. The Morgan fingerprint density at radius 2 is 1.45 bits per heavy atom. The molecule has 0 aromatic heterocycles. The van der Waals surface area contributed by atoms with Gasteiger partial charge >= 0.3 is 0 Å². The molecule has 152 valence electrons. The quantitative estimate of drug-likeness (QED) is 0.412. The van der Waals surface area contributed by atoms with Gasteiger partial charge in [0.15, 0.2) is 5.82 Å². The molecule has 3 aromatic carbocycles. The Bertz CT molecular complexity index is 1370. The fraction of sp³-hybridized carbons (Fsp3) is 0.0400. The highest BCUT2D eigenvalue weighted by Crippen LogP contribution is 2.29. The van der Waals surface area contributed by atoms with Crippen LogP contribution in [0.2, 0.25) is 0 Å². The Balaban J connectivity index is 1.69. The van der Waals surface area contributed by atoms with Crippen molar-refractivity contribution in [3.8, 4) is 39.8 Å².